The predicted molar refractivity (Wildman–Crippen MR) is 77.2 cm³/mol. The minimum absolute atomic E-state index is 0.173. The fourth-order valence-electron chi connectivity index (χ4n) is 2.65. The Hall–Kier alpha value is -1.70. The number of ether oxygens (including phenoxy) is 1. The van der Waals surface area contributed by atoms with Crippen molar-refractivity contribution >= 4 is 28.5 Å². The third-order valence-corrected chi connectivity index (χ3v) is 4.93. The maximum Gasteiger partial charge on any atom is 0.321 e. The highest BCUT2D eigenvalue weighted by Gasteiger charge is 2.35. The molecule has 21 heavy (non-hydrogen) atoms. The van der Waals surface area contributed by atoms with Crippen LogP contribution in [0, 0.1) is 5.92 Å². The van der Waals surface area contributed by atoms with Gasteiger partial charge in [0.1, 0.15) is 5.01 Å². The van der Waals surface area contributed by atoms with Gasteiger partial charge in [0, 0.05) is 12.0 Å². The fraction of sp³-hybridized carbons (Fsp3) is 0.692. The van der Waals surface area contributed by atoms with Gasteiger partial charge in [-0.2, -0.15) is 0 Å². The van der Waals surface area contributed by atoms with Crippen molar-refractivity contribution in [2.45, 2.75) is 44.1 Å². The number of amides is 2. The standard InChI is InChI=1S/C13H18N4O3S/c1-20-11(18)8-3-2-4-9(8)14-12(19)15-13-17-16-10(21-13)7-5-6-7/h7-9H,2-6H2,1H3,(H2,14,15,17,19)/t8-,9-/m1/s1. The lowest BCUT2D eigenvalue weighted by Gasteiger charge is -2.18. The first-order valence-electron chi connectivity index (χ1n) is 7.16. The van der Waals surface area contributed by atoms with Crippen LogP contribution in [-0.2, 0) is 9.53 Å². The molecule has 1 aromatic rings. The van der Waals surface area contributed by atoms with Crippen LogP contribution in [0.25, 0.3) is 0 Å². The molecular formula is C13H18N4O3S. The summed E-state index contributed by atoms with van der Waals surface area (Å²) in [5.41, 5.74) is 0. The van der Waals surface area contributed by atoms with E-state index in [1.807, 2.05) is 0 Å². The van der Waals surface area contributed by atoms with Gasteiger partial charge in [-0.15, -0.1) is 10.2 Å². The molecule has 2 amide bonds. The molecule has 8 heteroatoms. The van der Waals surface area contributed by atoms with E-state index in [9.17, 15) is 9.59 Å². The minimum Gasteiger partial charge on any atom is -0.469 e. The van der Waals surface area contributed by atoms with Crippen LogP contribution in [0.3, 0.4) is 0 Å². The molecule has 1 heterocycles. The summed E-state index contributed by atoms with van der Waals surface area (Å²) in [4.78, 5) is 23.6. The van der Waals surface area contributed by atoms with Gasteiger partial charge in [0.25, 0.3) is 0 Å². The van der Waals surface area contributed by atoms with E-state index in [1.54, 1.807) is 0 Å². The maximum absolute atomic E-state index is 12.0. The molecule has 0 aliphatic heterocycles. The first-order chi connectivity index (χ1) is 10.2. The highest BCUT2D eigenvalue weighted by atomic mass is 32.1. The van der Waals surface area contributed by atoms with E-state index in [0.29, 0.717) is 11.0 Å². The average molecular weight is 310 g/mol. The van der Waals surface area contributed by atoms with Crippen LogP contribution in [0.2, 0.25) is 0 Å². The Morgan fingerprint density at radius 3 is 2.76 bits per heavy atom. The summed E-state index contributed by atoms with van der Waals surface area (Å²) in [5, 5.41) is 15.1. The minimum atomic E-state index is -0.339. The first-order valence-corrected chi connectivity index (χ1v) is 7.97. The van der Waals surface area contributed by atoms with E-state index in [-0.39, 0.29) is 24.0 Å². The van der Waals surface area contributed by atoms with E-state index in [4.69, 9.17) is 4.74 Å². The number of carbonyl (C=O) groups excluding carboxylic acids is 2. The van der Waals surface area contributed by atoms with Crippen molar-refractivity contribution in [3.05, 3.63) is 5.01 Å². The average Bonchev–Trinajstić information content (AvgIpc) is 3.05. The Balaban J connectivity index is 1.54. The number of esters is 1. The lowest BCUT2D eigenvalue weighted by atomic mass is 10.0. The molecule has 2 N–H and O–H groups in total. The molecular weight excluding hydrogens is 292 g/mol. The molecule has 2 aliphatic rings. The van der Waals surface area contributed by atoms with Crippen LogP contribution in [-0.4, -0.2) is 35.3 Å². The van der Waals surface area contributed by atoms with Gasteiger partial charge in [-0.1, -0.05) is 17.8 Å². The largest absolute Gasteiger partial charge is 0.469 e. The lowest BCUT2D eigenvalue weighted by molar-refractivity contribution is -0.145. The quantitative estimate of drug-likeness (QED) is 0.828. The zero-order chi connectivity index (χ0) is 14.8. The molecule has 2 fully saturated rings. The van der Waals surface area contributed by atoms with Crippen molar-refractivity contribution in [1.82, 2.24) is 15.5 Å². The van der Waals surface area contributed by atoms with Gasteiger partial charge in [0.05, 0.1) is 13.0 Å². The number of urea groups is 1. The topological polar surface area (TPSA) is 93.2 Å². The number of methoxy groups -OCH3 is 1. The Morgan fingerprint density at radius 1 is 1.24 bits per heavy atom. The van der Waals surface area contributed by atoms with Crippen molar-refractivity contribution in [3.8, 4) is 0 Å². The number of rotatable bonds is 4. The van der Waals surface area contributed by atoms with E-state index in [2.05, 4.69) is 20.8 Å². The van der Waals surface area contributed by atoms with E-state index < -0.39 is 0 Å². The third-order valence-electron chi connectivity index (χ3n) is 3.92. The summed E-state index contributed by atoms with van der Waals surface area (Å²) in [6.07, 6.45) is 4.77. The molecule has 114 valence electrons. The number of anilines is 1. The zero-order valence-corrected chi connectivity index (χ0v) is 12.6. The van der Waals surface area contributed by atoms with Gasteiger partial charge in [-0.3, -0.25) is 10.1 Å². The second kappa shape index (κ2) is 5.97. The van der Waals surface area contributed by atoms with Crippen LogP contribution in [0.15, 0.2) is 0 Å². The number of hydrogen-bond acceptors (Lipinski definition) is 6. The zero-order valence-electron chi connectivity index (χ0n) is 11.8. The summed E-state index contributed by atoms with van der Waals surface area (Å²) in [5.74, 6) is 0.0154. The highest BCUT2D eigenvalue weighted by molar-refractivity contribution is 7.15. The molecule has 3 rings (SSSR count). The highest BCUT2D eigenvalue weighted by Crippen LogP contribution is 2.42. The second-order valence-electron chi connectivity index (χ2n) is 5.49. The smallest absolute Gasteiger partial charge is 0.321 e. The van der Waals surface area contributed by atoms with Crippen LogP contribution in [0.4, 0.5) is 9.93 Å². The normalized spacial score (nSPS) is 24.6. The van der Waals surface area contributed by atoms with Gasteiger partial charge >= 0.3 is 12.0 Å². The fourth-order valence-corrected chi connectivity index (χ4v) is 3.56. The molecule has 0 bridgehead atoms. The van der Waals surface area contributed by atoms with Crippen LogP contribution in [0.1, 0.15) is 43.0 Å². The van der Waals surface area contributed by atoms with E-state index in [0.717, 1.165) is 37.1 Å². The Bertz CT molecular complexity index is 543. The van der Waals surface area contributed by atoms with Crippen molar-refractivity contribution in [2.24, 2.45) is 5.92 Å². The Labute approximate surface area is 126 Å². The monoisotopic (exact) mass is 310 g/mol. The molecule has 2 atom stereocenters. The molecule has 0 saturated heterocycles. The molecule has 0 spiro atoms. The summed E-state index contributed by atoms with van der Waals surface area (Å²) in [7, 11) is 1.37. The van der Waals surface area contributed by atoms with E-state index in [1.165, 1.54) is 18.4 Å². The van der Waals surface area contributed by atoms with Crippen molar-refractivity contribution in [1.29, 1.82) is 0 Å². The lowest BCUT2D eigenvalue weighted by Crippen LogP contribution is -2.42. The van der Waals surface area contributed by atoms with E-state index >= 15 is 0 Å². The number of aromatic nitrogens is 2. The summed E-state index contributed by atoms with van der Waals surface area (Å²) in [6.45, 7) is 0. The number of hydrogen-bond donors (Lipinski definition) is 2. The third kappa shape index (κ3) is 3.31. The van der Waals surface area contributed by atoms with Gasteiger partial charge in [0.2, 0.25) is 5.13 Å². The number of nitrogens with zero attached hydrogens (tertiary/aromatic N) is 2. The predicted octanol–water partition coefficient (Wildman–Crippen LogP) is 1.88. The van der Waals surface area contributed by atoms with Crippen molar-refractivity contribution < 1.29 is 14.3 Å². The van der Waals surface area contributed by atoms with Gasteiger partial charge in [-0.25, -0.2) is 4.79 Å². The number of nitrogens with one attached hydrogen (secondary N) is 2. The second-order valence-corrected chi connectivity index (χ2v) is 6.49. The summed E-state index contributed by atoms with van der Waals surface area (Å²) in [6, 6.07) is -0.512. The van der Waals surface area contributed by atoms with Crippen LogP contribution < -0.4 is 10.6 Å². The molecule has 2 aliphatic carbocycles. The van der Waals surface area contributed by atoms with Crippen LogP contribution >= 0.6 is 11.3 Å². The number of carbonyl (C=O) groups is 2. The Kier molecular flexibility index (Phi) is 4.05. The molecule has 0 radical (unpaired) electrons. The SMILES string of the molecule is COC(=O)[C@@H]1CCC[C@H]1NC(=O)Nc1nnc(C2CC2)s1. The van der Waals surface area contributed by atoms with Gasteiger partial charge in [0.15, 0.2) is 0 Å². The van der Waals surface area contributed by atoms with Gasteiger partial charge < -0.3 is 10.1 Å². The molecule has 0 unspecified atom stereocenters. The van der Waals surface area contributed by atoms with Crippen molar-refractivity contribution in [3.63, 3.8) is 0 Å². The van der Waals surface area contributed by atoms with Gasteiger partial charge in [-0.05, 0) is 25.7 Å². The molecule has 1 aromatic heterocycles. The molecule has 2 saturated carbocycles. The van der Waals surface area contributed by atoms with Crippen LogP contribution in [0.5, 0.6) is 0 Å². The summed E-state index contributed by atoms with van der Waals surface area (Å²) >= 11 is 1.42. The molecule has 0 aromatic carbocycles. The Morgan fingerprint density at radius 2 is 2.05 bits per heavy atom. The first kappa shape index (κ1) is 14.2. The van der Waals surface area contributed by atoms with Crippen molar-refractivity contribution in [2.75, 3.05) is 12.4 Å². The maximum atomic E-state index is 12.0. The summed E-state index contributed by atoms with van der Waals surface area (Å²) < 4.78 is 4.77. The molecule has 7 nitrogen and oxygen atoms in total.